The molecule has 2 aromatic rings. The maximum Gasteiger partial charge on any atom is 0.335 e. The Hall–Kier alpha value is -3.16. The molecule has 8 nitrogen and oxygen atoms in total. The van der Waals surface area contributed by atoms with E-state index in [2.05, 4.69) is 22.4 Å². The topological polar surface area (TPSA) is 117 Å². The third kappa shape index (κ3) is 4.97. The fraction of sp³-hybridized carbons (Fsp3) is 0.400. The van der Waals surface area contributed by atoms with Crippen LogP contribution < -0.4 is 16.7 Å². The summed E-state index contributed by atoms with van der Waals surface area (Å²) < 4.78 is 1.01. The molecule has 0 aliphatic carbocycles. The van der Waals surface area contributed by atoms with Crippen LogP contribution in [0.2, 0.25) is 0 Å². The van der Waals surface area contributed by atoms with Crippen LogP contribution in [0.5, 0.6) is 5.88 Å². The number of aromatic amines is 1. The third-order valence-corrected chi connectivity index (χ3v) is 4.41. The lowest BCUT2D eigenvalue weighted by molar-refractivity contribution is -0.121. The van der Waals surface area contributed by atoms with E-state index in [1.165, 1.54) is 6.92 Å². The van der Waals surface area contributed by atoms with Gasteiger partial charge in [0.25, 0.3) is 5.56 Å². The van der Waals surface area contributed by atoms with Crippen LogP contribution in [0.4, 0.5) is 0 Å². The number of H-pyrrole nitrogens is 1. The van der Waals surface area contributed by atoms with Crippen LogP contribution >= 0.6 is 0 Å². The number of aryl methyl sites for hydroxylation is 1. The van der Waals surface area contributed by atoms with E-state index < -0.39 is 17.1 Å². The number of nitrogens with zero attached hydrogens (tertiary/aromatic N) is 2. The fourth-order valence-corrected chi connectivity index (χ4v) is 2.86. The Morgan fingerprint density at radius 2 is 1.93 bits per heavy atom. The standard InChI is InChI=1S/C20H26N4O4/c1-4-5-6-7-12-16(25)23-22-14(3)17-18(26)21-20(28)24(19(17)27)15-11-9-8-10-13(15)2/h8-11,27H,4-7,12H2,1-3H3,(H,23,25)(H,21,26,28). The minimum atomic E-state index is -0.772. The number of carbonyl (C=O) groups excluding carboxylic acids is 1. The van der Waals surface area contributed by atoms with Gasteiger partial charge >= 0.3 is 5.69 Å². The molecular formula is C20H26N4O4. The molecule has 3 N–H and O–H groups in total. The summed E-state index contributed by atoms with van der Waals surface area (Å²) in [6.45, 7) is 5.36. The molecule has 2 rings (SSSR count). The first-order valence-corrected chi connectivity index (χ1v) is 9.34. The van der Waals surface area contributed by atoms with Gasteiger partial charge in [0.1, 0.15) is 5.56 Å². The van der Waals surface area contributed by atoms with Crippen molar-refractivity contribution in [1.82, 2.24) is 15.0 Å². The summed E-state index contributed by atoms with van der Waals surface area (Å²) in [4.78, 5) is 38.6. The number of para-hydroxylation sites is 1. The van der Waals surface area contributed by atoms with Crippen LogP contribution in [0.15, 0.2) is 39.0 Å². The number of nitrogens with one attached hydrogen (secondary N) is 2. The number of carbonyl (C=O) groups is 1. The molecule has 0 bridgehead atoms. The second-order valence-corrected chi connectivity index (χ2v) is 6.62. The second kappa shape index (κ2) is 9.68. The molecule has 0 radical (unpaired) electrons. The van der Waals surface area contributed by atoms with Crippen LogP contribution in [0.25, 0.3) is 5.69 Å². The zero-order valence-corrected chi connectivity index (χ0v) is 16.4. The lowest BCUT2D eigenvalue weighted by Gasteiger charge is -2.13. The van der Waals surface area contributed by atoms with Crippen molar-refractivity contribution in [2.75, 3.05) is 0 Å². The van der Waals surface area contributed by atoms with Gasteiger partial charge in [-0.05, 0) is 31.9 Å². The highest BCUT2D eigenvalue weighted by Gasteiger charge is 2.19. The van der Waals surface area contributed by atoms with Crippen molar-refractivity contribution in [3.05, 3.63) is 56.2 Å². The van der Waals surface area contributed by atoms with Crippen molar-refractivity contribution in [2.24, 2.45) is 5.10 Å². The number of benzene rings is 1. The Morgan fingerprint density at radius 1 is 1.21 bits per heavy atom. The SMILES string of the molecule is CCCCCCC(=O)NN=C(C)c1c(O)n(-c2ccccc2C)c(=O)[nH]c1=O. The Kier molecular flexibility index (Phi) is 7.31. The normalized spacial score (nSPS) is 11.5. The fourth-order valence-electron chi connectivity index (χ4n) is 2.86. The van der Waals surface area contributed by atoms with Gasteiger partial charge in [0, 0.05) is 6.42 Å². The average molecular weight is 386 g/mol. The first kappa shape index (κ1) is 21.1. The minimum Gasteiger partial charge on any atom is -0.493 e. The van der Waals surface area contributed by atoms with E-state index in [1.807, 2.05) is 0 Å². The summed E-state index contributed by atoms with van der Waals surface area (Å²) in [7, 11) is 0. The number of unbranched alkanes of at least 4 members (excludes halogenated alkanes) is 3. The van der Waals surface area contributed by atoms with Gasteiger partial charge in [-0.25, -0.2) is 14.8 Å². The summed E-state index contributed by atoms with van der Waals surface area (Å²) in [6.07, 6.45) is 4.21. The first-order valence-electron chi connectivity index (χ1n) is 9.34. The van der Waals surface area contributed by atoms with Crippen molar-refractivity contribution in [1.29, 1.82) is 0 Å². The highest BCUT2D eigenvalue weighted by atomic mass is 16.3. The quantitative estimate of drug-likeness (QED) is 0.367. The molecule has 0 saturated carbocycles. The molecule has 0 aliphatic heterocycles. The predicted molar refractivity (Wildman–Crippen MR) is 108 cm³/mol. The first-order chi connectivity index (χ1) is 13.4. The largest absolute Gasteiger partial charge is 0.493 e. The van der Waals surface area contributed by atoms with E-state index in [0.717, 1.165) is 35.8 Å². The molecule has 0 spiro atoms. The molecule has 150 valence electrons. The number of hydrogen-bond donors (Lipinski definition) is 3. The molecule has 28 heavy (non-hydrogen) atoms. The number of hydrogen-bond acceptors (Lipinski definition) is 5. The van der Waals surface area contributed by atoms with Gasteiger partial charge in [0.15, 0.2) is 0 Å². The predicted octanol–water partition coefficient (Wildman–Crippen LogP) is 2.35. The van der Waals surface area contributed by atoms with Gasteiger partial charge < -0.3 is 5.11 Å². The zero-order chi connectivity index (χ0) is 20.7. The second-order valence-electron chi connectivity index (χ2n) is 6.62. The van der Waals surface area contributed by atoms with E-state index in [-0.39, 0.29) is 17.2 Å². The Balaban J connectivity index is 2.32. The number of rotatable bonds is 8. The van der Waals surface area contributed by atoms with Gasteiger partial charge in [-0.2, -0.15) is 5.10 Å². The van der Waals surface area contributed by atoms with E-state index in [4.69, 9.17) is 0 Å². The molecule has 0 atom stereocenters. The summed E-state index contributed by atoms with van der Waals surface area (Å²) >= 11 is 0. The molecular weight excluding hydrogens is 360 g/mol. The zero-order valence-electron chi connectivity index (χ0n) is 16.4. The number of aromatic hydroxyl groups is 1. The van der Waals surface area contributed by atoms with Crippen LogP contribution in [0.3, 0.4) is 0 Å². The number of aromatic nitrogens is 2. The maximum absolute atomic E-state index is 12.3. The summed E-state index contributed by atoms with van der Waals surface area (Å²) in [5.74, 6) is -0.792. The van der Waals surface area contributed by atoms with Gasteiger partial charge in [-0.1, -0.05) is 44.4 Å². The molecule has 0 unspecified atom stereocenters. The van der Waals surface area contributed by atoms with Crippen molar-refractivity contribution in [3.8, 4) is 11.6 Å². The molecule has 1 aromatic heterocycles. The summed E-state index contributed by atoms with van der Waals surface area (Å²) in [5, 5.41) is 14.5. The molecule has 0 saturated heterocycles. The van der Waals surface area contributed by atoms with E-state index >= 15 is 0 Å². The molecule has 1 amide bonds. The van der Waals surface area contributed by atoms with E-state index in [0.29, 0.717) is 12.1 Å². The van der Waals surface area contributed by atoms with Gasteiger partial charge in [-0.15, -0.1) is 0 Å². The van der Waals surface area contributed by atoms with Crippen LogP contribution in [0, 0.1) is 6.92 Å². The van der Waals surface area contributed by atoms with Crippen LogP contribution in [-0.2, 0) is 4.79 Å². The Morgan fingerprint density at radius 3 is 2.61 bits per heavy atom. The molecule has 1 aromatic carbocycles. The summed E-state index contributed by atoms with van der Waals surface area (Å²) in [5.41, 5.74) is 1.98. The van der Waals surface area contributed by atoms with Crippen molar-refractivity contribution in [3.63, 3.8) is 0 Å². The number of amides is 1. The van der Waals surface area contributed by atoms with Crippen molar-refractivity contribution >= 4 is 11.6 Å². The lowest BCUT2D eigenvalue weighted by Crippen LogP contribution is -2.33. The van der Waals surface area contributed by atoms with Gasteiger partial charge in [-0.3, -0.25) is 14.6 Å². The van der Waals surface area contributed by atoms with Crippen LogP contribution in [0.1, 0.15) is 57.1 Å². The van der Waals surface area contributed by atoms with Crippen molar-refractivity contribution in [2.45, 2.75) is 52.9 Å². The van der Waals surface area contributed by atoms with E-state index in [1.54, 1.807) is 31.2 Å². The van der Waals surface area contributed by atoms with E-state index in [9.17, 15) is 19.5 Å². The average Bonchev–Trinajstić information content (AvgIpc) is 2.64. The molecule has 0 fully saturated rings. The highest BCUT2D eigenvalue weighted by molar-refractivity contribution is 6.00. The van der Waals surface area contributed by atoms with Crippen molar-refractivity contribution < 1.29 is 9.90 Å². The number of hydrazone groups is 1. The molecule has 0 aliphatic rings. The van der Waals surface area contributed by atoms with Gasteiger partial charge in [0.2, 0.25) is 11.8 Å². The Labute approximate surface area is 162 Å². The molecule has 8 heteroatoms. The third-order valence-electron chi connectivity index (χ3n) is 4.41. The lowest BCUT2D eigenvalue weighted by atomic mass is 10.1. The van der Waals surface area contributed by atoms with Gasteiger partial charge in [0.05, 0.1) is 11.4 Å². The minimum absolute atomic E-state index is 0.1000. The Bertz CT molecular complexity index is 988. The summed E-state index contributed by atoms with van der Waals surface area (Å²) in [6, 6.07) is 6.96. The smallest absolute Gasteiger partial charge is 0.335 e. The monoisotopic (exact) mass is 386 g/mol. The highest BCUT2D eigenvalue weighted by Crippen LogP contribution is 2.19. The van der Waals surface area contributed by atoms with Crippen LogP contribution in [-0.4, -0.2) is 26.3 Å². The molecule has 1 heterocycles. The maximum atomic E-state index is 12.3.